The van der Waals surface area contributed by atoms with Gasteiger partial charge in [0.25, 0.3) is 0 Å². The van der Waals surface area contributed by atoms with E-state index in [-0.39, 0.29) is 0 Å². The van der Waals surface area contributed by atoms with E-state index in [1.807, 2.05) is 42.5 Å². The second-order valence-corrected chi connectivity index (χ2v) is 6.79. The van der Waals surface area contributed by atoms with Crippen molar-refractivity contribution in [3.8, 4) is 22.4 Å². The molecule has 0 unspecified atom stereocenters. The van der Waals surface area contributed by atoms with Crippen LogP contribution in [0.3, 0.4) is 0 Å². The van der Waals surface area contributed by atoms with Crippen molar-refractivity contribution in [1.82, 2.24) is 10.2 Å². The molecule has 0 bridgehead atoms. The Balaban J connectivity index is 1.89. The molecule has 0 amide bonds. The third kappa shape index (κ3) is 4.83. The van der Waals surface area contributed by atoms with Gasteiger partial charge >= 0.3 is 0 Å². The second kappa shape index (κ2) is 9.35. The third-order valence-corrected chi connectivity index (χ3v) is 4.58. The summed E-state index contributed by atoms with van der Waals surface area (Å²) in [4.78, 5) is 0. The molecule has 3 rings (SSSR count). The Kier molecular flexibility index (Phi) is 6.62. The summed E-state index contributed by atoms with van der Waals surface area (Å²) in [7, 11) is 0. The maximum atomic E-state index is 6.06. The molecule has 1 heterocycles. The van der Waals surface area contributed by atoms with E-state index >= 15 is 0 Å². The Bertz CT molecular complexity index is 817. The molecule has 0 aliphatic rings. The van der Waals surface area contributed by atoms with E-state index in [0.29, 0.717) is 0 Å². The molecule has 3 aromatic rings. The fourth-order valence-electron chi connectivity index (χ4n) is 2.91. The minimum Gasteiger partial charge on any atom is -0.369 e. The Morgan fingerprint density at radius 3 is 2.35 bits per heavy atom. The van der Waals surface area contributed by atoms with E-state index in [1.165, 1.54) is 19.3 Å². The van der Waals surface area contributed by atoms with Gasteiger partial charge in [-0.05, 0) is 30.2 Å². The maximum absolute atomic E-state index is 6.06. The van der Waals surface area contributed by atoms with Gasteiger partial charge in [0, 0.05) is 22.7 Å². The van der Waals surface area contributed by atoms with Crippen molar-refractivity contribution in [3.63, 3.8) is 0 Å². The average Bonchev–Trinajstić information content (AvgIpc) is 2.69. The topological polar surface area (TPSA) is 37.8 Å². The SMILES string of the molecule is CCCCCCNc1cc(-c2ccc(Cl)cc2)c(-c2ccccc2)nn1. The molecule has 2 aromatic carbocycles. The predicted molar refractivity (Wildman–Crippen MR) is 111 cm³/mol. The summed E-state index contributed by atoms with van der Waals surface area (Å²) in [6, 6.07) is 20.1. The number of aromatic nitrogens is 2. The molecule has 3 nitrogen and oxygen atoms in total. The lowest BCUT2D eigenvalue weighted by atomic mass is 10.00. The van der Waals surface area contributed by atoms with Crippen LogP contribution in [0, 0.1) is 0 Å². The summed E-state index contributed by atoms with van der Waals surface area (Å²) in [6.07, 6.45) is 4.90. The molecule has 0 radical (unpaired) electrons. The molecule has 0 aliphatic carbocycles. The van der Waals surface area contributed by atoms with Crippen molar-refractivity contribution in [1.29, 1.82) is 0 Å². The fraction of sp³-hybridized carbons (Fsp3) is 0.273. The van der Waals surface area contributed by atoms with Gasteiger partial charge in [-0.3, -0.25) is 0 Å². The minimum absolute atomic E-state index is 0.728. The van der Waals surface area contributed by atoms with Gasteiger partial charge < -0.3 is 5.32 Å². The lowest BCUT2D eigenvalue weighted by Gasteiger charge is -2.12. The molecule has 1 aromatic heterocycles. The molecule has 4 heteroatoms. The first kappa shape index (κ1) is 18.4. The van der Waals surface area contributed by atoms with Gasteiger partial charge in [0.15, 0.2) is 0 Å². The number of nitrogens with zero attached hydrogens (tertiary/aromatic N) is 2. The van der Waals surface area contributed by atoms with Gasteiger partial charge in [0.2, 0.25) is 0 Å². The Hall–Kier alpha value is -2.39. The first-order valence-corrected chi connectivity index (χ1v) is 9.58. The largest absolute Gasteiger partial charge is 0.369 e. The molecule has 134 valence electrons. The molecule has 0 fully saturated rings. The van der Waals surface area contributed by atoms with Crippen LogP contribution in [0.1, 0.15) is 32.6 Å². The Morgan fingerprint density at radius 2 is 1.62 bits per heavy atom. The summed E-state index contributed by atoms with van der Waals surface area (Å²) in [5.74, 6) is 0.811. The van der Waals surface area contributed by atoms with Gasteiger partial charge in [-0.1, -0.05) is 80.3 Å². The van der Waals surface area contributed by atoms with Crippen LogP contribution in [0.4, 0.5) is 5.82 Å². The van der Waals surface area contributed by atoms with E-state index in [1.54, 1.807) is 0 Å². The number of anilines is 1. The molecule has 0 saturated carbocycles. The van der Waals surface area contributed by atoms with Crippen molar-refractivity contribution in [2.24, 2.45) is 0 Å². The number of unbranched alkanes of at least 4 members (excludes halogenated alkanes) is 3. The molecular weight excluding hydrogens is 342 g/mol. The zero-order valence-corrected chi connectivity index (χ0v) is 15.8. The molecule has 0 aliphatic heterocycles. The van der Waals surface area contributed by atoms with Crippen molar-refractivity contribution in [2.45, 2.75) is 32.6 Å². The van der Waals surface area contributed by atoms with E-state index in [0.717, 1.165) is 46.2 Å². The smallest absolute Gasteiger partial charge is 0.149 e. The first-order valence-electron chi connectivity index (χ1n) is 9.21. The van der Waals surface area contributed by atoms with Crippen LogP contribution < -0.4 is 5.32 Å². The number of rotatable bonds is 8. The van der Waals surface area contributed by atoms with Crippen LogP contribution in [0.2, 0.25) is 5.02 Å². The summed E-state index contributed by atoms with van der Waals surface area (Å²) in [5, 5.41) is 13.0. The van der Waals surface area contributed by atoms with Crippen LogP contribution in [-0.2, 0) is 0 Å². The van der Waals surface area contributed by atoms with Gasteiger partial charge in [-0.2, -0.15) is 0 Å². The maximum Gasteiger partial charge on any atom is 0.149 e. The highest BCUT2D eigenvalue weighted by Gasteiger charge is 2.11. The van der Waals surface area contributed by atoms with E-state index < -0.39 is 0 Å². The molecule has 1 N–H and O–H groups in total. The fourth-order valence-corrected chi connectivity index (χ4v) is 3.03. The summed E-state index contributed by atoms with van der Waals surface area (Å²) in [5.41, 5.74) is 4.07. The van der Waals surface area contributed by atoms with Crippen molar-refractivity contribution in [2.75, 3.05) is 11.9 Å². The zero-order chi connectivity index (χ0) is 18.2. The van der Waals surface area contributed by atoms with Gasteiger partial charge in [0.05, 0.1) is 0 Å². The highest BCUT2D eigenvalue weighted by molar-refractivity contribution is 6.30. The predicted octanol–water partition coefficient (Wildman–Crippen LogP) is 6.46. The number of hydrogen-bond acceptors (Lipinski definition) is 3. The van der Waals surface area contributed by atoms with E-state index in [4.69, 9.17) is 11.6 Å². The second-order valence-electron chi connectivity index (χ2n) is 6.35. The van der Waals surface area contributed by atoms with E-state index in [2.05, 4.69) is 40.6 Å². The molecule has 0 atom stereocenters. The van der Waals surface area contributed by atoms with Crippen LogP contribution in [0.15, 0.2) is 60.7 Å². The van der Waals surface area contributed by atoms with Crippen molar-refractivity contribution in [3.05, 3.63) is 65.7 Å². The normalized spacial score (nSPS) is 10.7. The van der Waals surface area contributed by atoms with Crippen LogP contribution in [0.25, 0.3) is 22.4 Å². The molecular formula is C22H24ClN3. The number of halogens is 1. The Morgan fingerprint density at radius 1 is 0.846 bits per heavy atom. The Labute approximate surface area is 160 Å². The monoisotopic (exact) mass is 365 g/mol. The van der Waals surface area contributed by atoms with Gasteiger partial charge in [-0.15, -0.1) is 10.2 Å². The third-order valence-electron chi connectivity index (χ3n) is 4.33. The molecule has 26 heavy (non-hydrogen) atoms. The van der Waals surface area contributed by atoms with Gasteiger partial charge in [-0.25, -0.2) is 0 Å². The number of hydrogen-bond donors (Lipinski definition) is 1. The standard InChI is InChI=1S/C22H24ClN3/c1-2-3-4-8-15-24-21-16-20(17-11-13-19(23)14-12-17)22(26-25-21)18-9-6-5-7-10-18/h5-7,9-14,16H,2-4,8,15H2,1H3,(H,24,25). The summed E-state index contributed by atoms with van der Waals surface area (Å²) < 4.78 is 0. The highest BCUT2D eigenvalue weighted by atomic mass is 35.5. The zero-order valence-electron chi connectivity index (χ0n) is 15.1. The van der Waals surface area contributed by atoms with Crippen LogP contribution in [-0.4, -0.2) is 16.7 Å². The van der Waals surface area contributed by atoms with Gasteiger partial charge in [0.1, 0.15) is 11.5 Å². The highest BCUT2D eigenvalue weighted by Crippen LogP contribution is 2.32. The van der Waals surface area contributed by atoms with Crippen LogP contribution >= 0.6 is 11.6 Å². The van der Waals surface area contributed by atoms with Crippen LogP contribution in [0.5, 0.6) is 0 Å². The number of nitrogens with one attached hydrogen (secondary N) is 1. The lowest BCUT2D eigenvalue weighted by molar-refractivity contribution is 0.684. The first-order chi connectivity index (χ1) is 12.8. The van der Waals surface area contributed by atoms with Crippen molar-refractivity contribution < 1.29 is 0 Å². The summed E-state index contributed by atoms with van der Waals surface area (Å²) >= 11 is 6.06. The molecule has 0 saturated heterocycles. The van der Waals surface area contributed by atoms with E-state index in [9.17, 15) is 0 Å². The minimum atomic E-state index is 0.728. The lowest BCUT2D eigenvalue weighted by Crippen LogP contribution is -2.05. The average molecular weight is 366 g/mol. The number of benzene rings is 2. The van der Waals surface area contributed by atoms with Crippen molar-refractivity contribution >= 4 is 17.4 Å². The quantitative estimate of drug-likeness (QED) is 0.465. The summed E-state index contributed by atoms with van der Waals surface area (Å²) in [6.45, 7) is 3.14. The molecule has 0 spiro atoms.